The summed E-state index contributed by atoms with van der Waals surface area (Å²) in [5.74, 6) is 0. The Morgan fingerprint density at radius 3 is 2.62 bits per heavy atom. The average Bonchev–Trinajstić information content (AvgIpc) is 3.19. The molecule has 3 aromatic carbocycles. The molecular formula is C22H14NO+. The highest BCUT2D eigenvalue weighted by Gasteiger charge is 2.31. The molecule has 0 fully saturated rings. The molecule has 6 rings (SSSR count). The Morgan fingerprint density at radius 1 is 0.750 bits per heavy atom. The van der Waals surface area contributed by atoms with Crippen LogP contribution in [0.15, 0.2) is 77.2 Å². The van der Waals surface area contributed by atoms with Crippen LogP contribution < -0.4 is 4.57 Å². The van der Waals surface area contributed by atoms with Crippen molar-refractivity contribution in [2.45, 2.75) is 6.54 Å². The van der Waals surface area contributed by atoms with Gasteiger partial charge in [-0.15, -0.1) is 0 Å². The second-order valence-corrected chi connectivity index (χ2v) is 6.43. The maximum atomic E-state index is 6.07. The number of pyridine rings is 1. The third kappa shape index (κ3) is 1.43. The second kappa shape index (κ2) is 4.24. The van der Waals surface area contributed by atoms with E-state index in [2.05, 4.69) is 65.2 Å². The maximum absolute atomic E-state index is 6.07. The Hall–Kier alpha value is -3.13. The van der Waals surface area contributed by atoms with Gasteiger partial charge < -0.3 is 4.42 Å². The monoisotopic (exact) mass is 308 g/mol. The van der Waals surface area contributed by atoms with E-state index in [1.165, 1.54) is 38.5 Å². The summed E-state index contributed by atoms with van der Waals surface area (Å²) in [7, 11) is 0. The highest BCUT2D eigenvalue weighted by atomic mass is 16.3. The molecule has 24 heavy (non-hydrogen) atoms. The van der Waals surface area contributed by atoms with E-state index in [4.69, 9.17) is 4.42 Å². The van der Waals surface area contributed by atoms with Crippen LogP contribution in [0, 0.1) is 0 Å². The van der Waals surface area contributed by atoms with Crippen LogP contribution in [0.2, 0.25) is 0 Å². The van der Waals surface area contributed by atoms with Crippen LogP contribution in [0.4, 0.5) is 0 Å². The molecular weight excluding hydrogens is 294 g/mol. The van der Waals surface area contributed by atoms with Crippen LogP contribution in [0.25, 0.3) is 44.1 Å². The van der Waals surface area contributed by atoms with Gasteiger partial charge in [0.15, 0.2) is 6.54 Å². The van der Waals surface area contributed by atoms with Crippen LogP contribution in [-0.4, -0.2) is 0 Å². The molecule has 1 aliphatic heterocycles. The molecule has 0 radical (unpaired) electrons. The number of hydrogen-bond acceptors (Lipinski definition) is 1. The van der Waals surface area contributed by atoms with E-state index in [9.17, 15) is 0 Å². The summed E-state index contributed by atoms with van der Waals surface area (Å²) in [6, 6.07) is 25.7. The standard InChI is InChI=1S/C22H14NO/c1-3-7-17-14(5-1)9-11-18-21-15(13-23(17)18)10-12-20-22(21)16-6-2-4-8-19(16)24-20/h1-12H,13H2/q+1. The number of rotatable bonds is 0. The summed E-state index contributed by atoms with van der Waals surface area (Å²) in [6.07, 6.45) is 0. The molecule has 0 saturated carbocycles. The van der Waals surface area contributed by atoms with E-state index < -0.39 is 0 Å². The van der Waals surface area contributed by atoms with Gasteiger partial charge in [0, 0.05) is 33.9 Å². The number of hydrogen-bond donors (Lipinski definition) is 0. The lowest BCUT2D eigenvalue weighted by Crippen LogP contribution is -2.33. The van der Waals surface area contributed by atoms with E-state index in [1.54, 1.807) is 0 Å². The predicted octanol–water partition coefficient (Wildman–Crippen LogP) is 5.06. The van der Waals surface area contributed by atoms with Gasteiger partial charge in [-0.05, 0) is 30.3 Å². The van der Waals surface area contributed by atoms with Crippen molar-refractivity contribution in [2.75, 3.05) is 0 Å². The number of nitrogens with zero attached hydrogens (tertiary/aromatic N) is 1. The Bertz CT molecular complexity index is 1280. The molecule has 0 unspecified atom stereocenters. The normalized spacial score (nSPS) is 12.8. The van der Waals surface area contributed by atoms with Crippen molar-refractivity contribution in [3.05, 3.63) is 78.4 Å². The van der Waals surface area contributed by atoms with Gasteiger partial charge in [-0.2, -0.15) is 4.57 Å². The van der Waals surface area contributed by atoms with Crippen molar-refractivity contribution in [3.63, 3.8) is 0 Å². The average molecular weight is 308 g/mol. The van der Waals surface area contributed by atoms with E-state index in [1.807, 2.05) is 12.1 Å². The summed E-state index contributed by atoms with van der Waals surface area (Å²) < 4.78 is 8.49. The highest BCUT2D eigenvalue weighted by molar-refractivity contribution is 6.12. The smallest absolute Gasteiger partial charge is 0.214 e. The molecule has 0 N–H and O–H groups in total. The molecule has 112 valence electrons. The van der Waals surface area contributed by atoms with Gasteiger partial charge in [-0.1, -0.05) is 30.3 Å². The van der Waals surface area contributed by atoms with Gasteiger partial charge in [0.05, 0.1) is 5.56 Å². The van der Waals surface area contributed by atoms with Crippen LogP contribution >= 0.6 is 0 Å². The number of para-hydroxylation sites is 2. The number of aromatic nitrogens is 1. The first kappa shape index (κ1) is 12.3. The number of fused-ring (bicyclic) bond motifs is 9. The van der Waals surface area contributed by atoms with Gasteiger partial charge in [0.1, 0.15) is 11.2 Å². The van der Waals surface area contributed by atoms with Gasteiger partial charge >= 0.3 is 0 Å². The molecule has 1 aliphatic rings. The molecule has 2 aromatic heterocycles. The maximum Gasteiger partial charge on any atom is 0.214 e. The van der Waals surface area contributed by atoms with Crippen molar-refractivity contribution in [1.29, 1.82) is 0 Å². The molecule has 0 spiro atoms. The number of benzene rings is 3. The van der Waals surface area contributed by atoms with Crippen molar-refractivity contribution >= 4 is 32.8 Å². The Kier molecular flexibility index (Phi) is 2.17. The zero-order chi connectivity index (χ0) is 15.7. The van der Waals surface area contributed by atoms with Crippen molar-refractivity contribution in [1.82, 2.24) is 0 Å². The largest absolute Gasteiger partial charge is 0.456 e. The fraction of sp³-hybridized carbons (Fsp3) is 0.0455. The third-order valence-corrected chi connectivity index (χ3v) is 5.15. The Balaban J connectivity index is 1.81. The topological polar surface area (TPSA) is 17.0 Å². The Morgan fingerprint density at radius 2 is 1.62 bits per heavy atom. The van der Waals surface area contributed by atoms with E-state index >= 15 is 0 Å². The summed E-state index contributed by atoms with van der Waals surface area (Å²) in [4.78, 5) is 0. The molecule has 3 heterocycles. The van der Waals surface area contributed by atoms with Crippen LogP contribution in [0.1, 0.15) is 5.56 Å². The zero-order valence-electron chi connectivity index (χ0n) is 13.0. The molecule has 0 bridgehead atoms. The van der Waals surface area contributed by atoms with Gasteiger partial charge in [-0.3, -0.25) is 0 Å². The summed E-state index contributed by atoms with van der Waals surface area (Å²) in [6.45, 7) is 0.918. The first-order valence-corrected chi connectivity index (χ1v) is 8.25. The fourth-order valence-corrected chi connectivity index (χ4v) is 4.11. The summed E-state index contributed by atoms with van der Waals surface area (Å²) >= 11 is 0. The SMILES string of the molecule is c1ccc2c(c1)ccc1[n+]2Cc2ccc3oc4ccccc4c3c2-1. The first-order valence-electron chi connectivity index (χ1n) is 8.25. The van der Waals surface area contributed by atoms with Crippen molar-refractivity contribution < 1.29 is 8.98 Å². The minimum absolute atomic E-state index is 0.918. The molecule has 0 atom stereocenters. The molecule has 0 saturated heterocycles. The Labute approximate surface area is 138 Å². The summed E-state index contributed by atoms with van der Waals surface area (Å²) in [5.41, 5.74) is 7.18. The minimum atomic E-state index is 0.918. The molecule has 2 heteroatoms. The minimum Gasteiger partial charge on any atom is -0.456 e. The molecule has 0 amide bonds. The summed E-state index contributed by atoms with van der Waals surface area (Å²) in [5, 5.41) is 3.72. The molecule has 0 aliphatic carbocycles. The van der Waals surface area contributed by atoms with Crippen LogP contribution in [0.3, 0.4) is 0 Å². The zero-order valence-corrected chi connectivity index (χ0v) is 13.0. The molecule has 5 aromatic rings. The lowest BCUT2D eigenvalue weighted by molar-refractivity contribution is -0.645. The number of furan rings is 1. The lowest BCUT2D eigenvalue weighted by Gasteiger charge is -2.00. The first-order chi connectivity index (χ1) is 11.9. The predicted molar refractivity (Wildman–Crippen MR) is 96.0 cm³/mol. The fourth-order valence-electron chi connectivity index (χ4n) is 4.11. The van der Waals surface area contributed by atoms with Crippen molar-refractivity contribution in [2.24, 2.45) is 0 Å². The second-order valence-electron chi connectivity index (χ2n) is 6.43. The quantitative estimate of drug-likeness (QED) is 0.359. The van der Waals surface area contributed by atoms with Crippen molar-refractivity contribution in [3.8, 4) is 11.3 Å². The lowest BCUT2D eigenvalue weighted by atomic mass is 10.00. The van der Waals surface area contributed by atoms with Crippen LogP contribution in [-0.2, 0) is 6.54 Å². The third-order valence-electron chi connectivity index (χ3n) is 5.15. The van der Waals surface area contributed by atoms with Crippen LogP contribution in [0.5, 0.6) is 0 Å². The van der Waals surface area contributed by atoms with Gasteiger partial charge in [0.2, 0.25) is 11.2 Å². The van der Waals surface area contributed by atoms with E-state index in [0.717, 1.165) is 17.7 Å². The van der Waals surface area contributed by atoms with Gasteiger partial charge in [0.25, 0.3) is 0 Å². The van der Waals surface area contributed by atoms with E-state index in [-0.39, 0.29) is 0 Å². The highest BCUT2D eigenvalue weighted by Crippen LogP contribution is 2.40. The van der Waals surface area contributed by atoms with E-state index in [0.29, 0.717) is 0 Å². The van der Waals surface area contributed by atoms with Gasteiger partial charge in [-0.25, -0.2) is 0 Å². The molecule has 2 nitrogen and oxygen atoms in total.